The van der Waals surface area contributed by atoms with Gasteiger partial charge in [0.05, 0.1) is 0 Å². The normalized spacial score (nSPS) is 16.6. The first-order valence-corrected chi connectivity index (χ1v) is 8.31. The molecule has 0 bridgehead atoms. The van der Waals surface area contributed by atoms with Gasteiger partial charge in [-0.3, -0.25) is 4.90 Å². The number of nitrogens with zero attached hydrogens (tertiary/aromatic N) is 1. The number of ether oxygens (including phenoxy) is 1. The van der Waals surface area contributed by atoms with E-state index >= 15 is 0 Å². The van der Waals surface area contributed by atoms with Gasteiger partial charge in [0.25, 0.3) is 0 Å². The molecule has 1 heterocycles. The van der Waals surface area contributed by atoms with E-state index in [1.807, 2.05) is 0 Å². The first-order chi connectivity index (χ1) is 10.8. The van der Waals surface area contributed by atoms with Crippen molar-refractivity contribution in [1.82, 2.24) is 4.90 Å². The standard InChI is InChI=1S/C20H25NO/c1-17(21-13-7-8-14-21)16-22-20-12-6-5-11-19(20)15-18-9-3-2-4-10-18/h2-6,9-12,17H,7-8,13-16H2,1H3. The lowest BCUT2D eigenvalue weighted by Crippen LogP contribution is -2.34. The number of benzene rings is 2. The zero-order valence-electron chi connectivity index (χ0n) is 13.4. The van der Waals surface area contributed by atoms with Crippen LogP contribution in [0.3, 0.4) is 0 Å². The van der Waals surface area contributed by atoms with Crippen LogP contribution in [0.15, 0.2) is 54.6 Å². The van der Waals surface area contributed by atoms with Crippen LogP contribution in [0.1, 0.15) is 30.9 Å². The minimum Gasteiger partial charge on any atom is -0.492 e. The monoisotopic (exact) mass is 295 g/mol. The fraction of sp³-hybridized carbons (Fsp3) is 0.400. The van der Waals surface area contributed by atoms with E-state index in [1.165, 1.54) is 37.1 Å². The largest absolute Gasteiger partial charge is 0.492 e. The van der Waals surface area contributed by atoms with Crippen LogP contribution in [-0.2, 0) is 6.42 Å². The number of likely N-dealkylation sites (tertiary alicyclic amines) is 1. The smallest absolute Gasteiger partial charge is 0.122 e. The Labute approximate surface area is 133 Å². The van der Waals surface area contributed by atoms with Gasteiger partial charge in [0.1, 0.15) is 12.4 Å². The van der Waals surface area contributed by atoms with Gasteiger partial charge in [0.2, 0.25) is 0 Å². The average Bonchev–Trinajstić information content (AvgIpc) is 3.09. The van der Waals surface area contributed by atoms with Crippen molar-refractivity contribution in [2.45, 2.75) is 32.2 Å². The molecule has 2 heteroatoms. The Hall–Kier alpha value is -1.80. The van der Waals surface area contributed by atoms with Gasteiger partial charge in [0.15, 0.2) is 0 Å². The highest BCUT2D eigenvalue weighted by atomic mass is 16.5. The third-order valence-corrected chi connectivity index (χ3v) is 4.45. The molecule has 0 aliphatic carbocycles. The highest BCUT2D eigenvalue weighted by Gasteiger charge is 2.18. The SMILES string of the molecule is CC(COc1ccccc1Cc1ccccc1)N1CCCC1. The van der Waals surface area contributed by atoms with Crippen LogP contribution >= 0.6 is 0 Å². The highest BCUT2D eigenvalue weighted by molar-refractivity contribution is 5.37. The van der Waals surface area contributed by atoms with Crippen LogP contribution in [0.2, 0.25) is 0 Å². The summed E-state index contributed by atoms with van der Waals surface area (Å²) in [6, 6.07) is 19.5. The second-order valence-electron chi connectivity index (χ2n) is 6.17. The molecule has 0 radical (unpaired) electrons. The maximum absolute atomic E-state index is 6.14. The maximum atomic E-state index is 6.14. The summed E-state index contributed by atoms with van der Waals surface area (Å²) >= 11 is 0. The Bertz CT molecular complexity index is 575. The Kier molecular flexibility index (Phi) is 5.12. The average molecular weight is 295 g/mol. The van der Waals surface area contributed by atoms with E-state index in [0.29, 0.717) is 6.04 Å². The maximum Gasteiger partial charge on any atom is 0.122 e. The molecule has 22 heavy (non-hydrogen) atoms. The number of hydrogen-bond donors (Lipinski definition) is 0. The predicted octanol–water partition coefficient (Wildman–Crippen LogP) is 4.14. The third kappa shape index (κ3) is 3.89. The molecule has 1 fully saturated rings. The van der Waals surface area contributed by atoms with Gasteiger partial charge < -0.3 is 4.74 Å². The van der Waals surface area contributed by atoms with Crippen molar-refractivity contribution >= 4 is 0 Å². The van der Waals surface area contributed by atoms with E-state index in [1.54, 1.807) is 0 Å². The van der Waals surface area contributed by atoms with Crippen LogP contribution in [0.4, 0.5) is 0 Å². The molecule has 0 spiro atoms. The van der Waals surface area contributed by atoms with Gasteiger partial charge in [-0.1, -0.05) is 48.5 Å². The fourth-order valence-electron chi connectivity index (χ4n) is 3.10. The summed E-state index contributed by atoms with van der Waals surface area (Å²) in [7, 11) is 0. The molecule has 2 nitrogen and oxygen atoms in total. The highest BCUT2D eigenvalue weighted by Crippen LogP contribution is 2.22. The molecule has 1 saturated heterocycles. The first-order valence-electron chi connectivity index (χ1n) is 8.31. The van der Waals surface area contributed by atoms with E-state index in [9.17, 15) is 0 Å². The Morgan fingerprint density at radius 2 is 1.64 bits per heavy atom. The number of para-hydroxylation sites is 1. The van der Waals surface area contributed by atoms with E-state index < -0.39 is 0 Å². The summed E-state index contributed by atoms with van der Waals surface area (Å²) in [5.74, 6) is 1.03. The number of rotatable bonds is 6. The fourth-order valence-corrected chi connectivity index (χ4v) is 3.10. The van der Waals surface area contributed by atoms with Crippen molar-refractivity contribution in [2.24, 2.45) is 0 Å². The topological polar surface area (TPSA) is 12.5 Å². The molecule has 2 aromatic rings. The molecule has 0 N–H and O–H groups in total. The first kappa shape index (κ1) is 15.1. The van der Waals surface area contributed by atoms with Gasteiger partial charge >= 0.3 is 0 Å². The molecule has 1 atom stereocenters. The Morgan fingerprint density at radius 3 is 2.41 bits per heavy atom. The summed E-state index contributed by atoms with van der Waals surface area (Å²) in [5.41, 5.74) is 2.59. The molecule has 0 aromatic heterocycles. The molecule has 0 amide bonds. The molecule has 2 aromatic carbocycles. The third-order valence-electron chi connectivity index (χ3n) is 4.45. The molecule has 3 rings (SSSR count). The quantitative estimate of drug-likeness (QED) is 0.794. The summed E-state index contributed by atoms with van der Waals surface area (Å²) in [5, 5.41) is 0. The van der Waals surface area contributed by atoms with Gasteiger partial charge in [-0.2, -0.15) is 0 Å². The van der Waals surface area contributed by atoms with E-state index in [0.717, 1.165) is 18.8 Å². The molecule has 1 aliphatic heterocycles. The van der Waals surface area contributed by atoms with Crippen LogP contribution in [0, 0.1) is 0 Å². The predicted molar refractivity (Wildman–Crippen MR) is 91.5 cm³/mol. The molecule has 116 valence electrons. The zero-order chi connectivity index (χ0) is 15.2. The summed E-state index contributed by atoms with van der Waals surface area (Å²) in [6.45, 7) is 5.48. The summed E-state index contributed by atoms with van der Waals surface area (Å²) < 4.78 is 6.14. The molecule has 1 aliphatic rings. The second kappa shape index (κ2) is 7.46. The summed E-state index contributed by atoms with van der Waals surface area (Å²) in [6.07, 6.45) is 3.58. The lowest BCUT2D eigenvalue weighted by Gasteiger charge is -2.24. The Balaban J connectivity index is 1.63. The lowest BCUT2D eigenvalue weighted by molar-refractivity contribution is 0.172. The molecular formula is C20H25NO. The summed E-state index contributed by atoms with van der Waals surface area (Å²) in [4.78, 5) is 2.53. The van der Waals surface area contributed by atoms with Crippen LogP contribution in [0.5, 0.6) is 5.75 Å². The van der Waals surface area contributed by atoms with Crippen LogP contribution < -0.4 is 4.74 Å². The number of hydrogen-bond acceptors (Lipinski definition) is 2. The van der Waals surface area contributed by atoms with Crippen LogP contribution in [-0.4, -0.2) is 30.6 Å². The van der Waals surface area contributed by atoms with E-state index in [-0.39, 0.29) is 0 Å². The van der Waals surface area contributed by atoms with Crippen molar-refractivity contribution in [3.05, 3.63) is 65.7 Å². The lowest BCUT2D eigenvalue weighted by atomic mass is 10.0. The zero-order valence-corrected chi connectivity index (χ0v) is 13.4. The molecule has 1 unspecified atom stereocenters. The van der Waals surface area contributed by atoms with E-state index in [2.05, 4.69) is 66.4 Å². The second-order valence-corrected chi connectivity index (χ2v) is 6.17. The van der Waals surface area contributed by atoms with Gasteiger partial charge in [-0.05, 0) is 50.0 Å². The van der Waals surface area contributed by atoms with Crippen molar-refractivity contribution in [2.75, 3.05) is 19.7 Å². The van der Waals surface area contributed by atoms with Crippen molar-refractivity contribution < 1.29 is 4.74 Å². The van der Waals surface area contributed by atoms with E-state index in [4.69, 9.17) is 4.74 Å². The van der Waals surface area contributed by atoms with Crippen LogP contribution in [0.25, 0.3) is 0 Å². The molecule has 0 saturated carbocycles. The molecular weight excluding hydrogens is 270 g/mol. The van der Waals surface area contributed by atoms with Gasteiger partial charge in [0, 0.05) is 12.5 Å². The van der Waals surface area contributed by atoms with Crippen molar-refractivity contribution in [3.63, 3.8) is 0 Å². The van der Waals surface area contributed by atoms with Crippen molar-refractivity contribution in [3.8, 4) is 5.75 Å². The van der Waals surface area contributed by atoms with Crippen molar-refractivity contribution in [1.29, 1.82) is 0 Å². The minimum absolute atomic E-state index is 0.493. The van der Waals surface area contributed by atoms with Gasteiger partial charge in [-0.15, -0.1) is 0 Å². The van der Waals surface area contributed by atoms with Gasteiger partial charge in [-0.25, -0.2) is 0 Å². The minimum atomic E-state index is 0.493. The Morgan fingerprint density at radius 1 is 0.955 bits per heavy atom.